The lowest BCUT2D eigenvalue weighted by Gasteiger charge is -2.33. The van der Waals surface area contributed by atoms with Gasteiger partial charge in [-0.1, -0.05) is 6.07 Å². The lowest BCUT2D eigenvalue weighted by atomic mass is 10.2. The zero-order chi connectivity index (χ0) is 18.7. The van der Waals surface area contributed by atoms with Gasteiger partial charge in [-0.25, -0.2) is 13.4 Å². The topological polar surface area (TPSA) is 82.6 Å². The zero-order valence-corrected chi connectivity index (χ0v) is 15.7. The molecule has 1 aliphatic heterocycles. The number of rotatable bonds is 4. The van der Waals surface area contributed by atoms with Crippen LogP contribution in [0.1, 0.15) is 10.4 Å². The van der Waals surface area contributed by atoms with E-state index < -0.39 is 9.84 Å². The number of carbonyl (C=O) groups excluding carboxylic acids is 1. The third kappa shape index (κ3) is 4.39. The van der Waals surface area contributed by atoms with E-state index in [1.54, 1.807) is 24.4 Å². The van der Waals surface area contributed by atoms with Crippen LogP contribution in [0.3, 0.4) is 0 Å². The number of benzene rings is 1. The Bertz CT molecular complexity index is 889. The van der Waals surface area contributed by atoms with Gasteiger partial charge in [-0.05, 0) is 37.4 Å². The summed E-state index contributed by atoms with van der Waals surface area (Å²) in [5, 5.41) is 2.75. The maximum atomic E-state index is 12.4. The quantitative estimate of drug-likeness (QED) is 0.873. The maximum absolute atomic E-state index is 12.4. The number of hydrogen-bond acceptors (Lipinski definition) is 6. The number of carbonyl (C=O) groups is 1. The van der Waals surface area contributed by atoms with Gasteiger partial charge >= 0.3 is 0 Å². The van der Waals surface area contributed by atoms with E-state index in [0.29, 0.717) is 5.69 Å². The van der Waals surface area contributed by atoms with Gasteiger partial charge in [0.1, 0.15) is 5.82 Å². The average Bonchev–Trinajstić information content (AvgIpc) is 2.62. The summed E-state index contributed by atoms with van der Waals surface area (Å²) in [6.07, 6.45) is 2.73. The standard InChI is InChI=1S/C18H22N4O3S/c1-21-8-10-22(11-9-21)17-7-6-15(13-19-17)20-18(23)14-4-3-5-16(12-14)26(2,24)25/h3-7,12-13H,8-11H2,1-2H3,(H,20,23). The smallest absolute Gasteiger partial charge is 0.255 e. The van der Waals surface area contributed by atoms with E-state index in [0.717, 1.165) is 38.3 Å². The number of nitrogens with one attached hydrogen (secondary N) is 1. The molecule has 0 aliphatic carbocycles. The monoisotopic (exact) mass is 374 g/mol. The summed E-state index contributed by atoms with van der Waals surface area (Å²) in [5.41, 5.74) is 0.855. The highest BCUT2D eigenvalue weighted by Gasteiger charge is 2.16. The molecule has 0 atom stereocenters. The third-order valence-electron chi connectivity index (χ3n) is 4.36. The Morgan fingerprint density at radius 2 is 1.85 bits per heavy atom. The highest BCUT2D eigenvalue weighted by molar-refractivity contribution is 7.90. The molecular weight excluding hydrogens is 352 g/mol. The van der Waals surface area contributed by atoms with Crippen LogP contribution in [0.4, 0.5) is 11.5 Å². The molecular formula is C18H22N4O3S. The lowest BCUT2D eigenvalue weighted by molar-refractivity contribution is 0.102. The number of aromatic nitrogens is 1. The number of sulfone groups is 1. The van der Waals surface area contributed by atoms with Crippen LogP contribution in [-0.2, 0) is 9.84 Å². The molecule has 1 N–H and O–H groups in total. The number of piperazine rings is 1. The molecule has 2 aromatic rings. The summed E-state index contributed by atoms with van der Waals surface area (Å²) < 4.78 is 23.2. The first-order chi connectivity index (χ1) is 12.3. The van der Waals surface area contributed by atoms with Crippen molar-refractivity contribution < 1.29 is 13.2 Å². The summed E-state index contributed by atoms with van der Waals surface area (Å²) in [6, 6.07) is 9.66. The van der Waals surface area contributed by atoms with Crippen molar-refractivity contribution in [3.05, 3.63) is 48.2 Å². The van der Waals surface area contributed by atoms with Crippen LogP contribution >= 0.6 is 0 Å². The fraction of sp³-hybridized carbons (Fsp3) is 0.333. The van der Waals surface area contributed by atoms with E-state index in [2.05, 4.69) is 27.1 Å². The van der Waals surface area contributed by atoms with Crippen LogP contribution in [0, 0.1) is 0 Å². The van der Waals surface area contributed by atoms with Crippen LogP contribution in [-0.4, -0.2) is 63.7 Å². The number of amides is 1. The van der Waals surface area contributed by atoms with Crippen LogP contribution in [0.15, 0.2) is 47.5 Å². The number of nitrogens with zero attached hydrogens (tertiary/aromatic N) is 3. The van der Waals surface area contributed by atoms with Crippen molar-refractivity contribution in [2.45, 2.75) is 4.90 Å². The number of likely N-dealkylation sites (N-methyl/N-ethyl adjacent to an activating group) is 1. The van der Waals surface area contributed by atoms with Crippen LogP contribution < -0.4 is 10.2 Å². The van der Waals surface area contributed by atoms with E-state index in [1.165, 1.54) is 12.1 Å². The summed E-state index contributed by atoms with van der Waals surface area (Å²) in [4.78, 5) is 21.4. The van der Waals surface area contributed by atoms with Crippen molar-refractivity contribution in [3.63, 3.8) is 0 Å². The van der Waals surface area contributed by atoms with Crippen molar-refractivity contribution in [2.75, 3.05) is 49.7 Å². The Labute approximate surface area is 153 Å². The van der Waals surface area contributed by atoms with Crippen LogP contribution in [0.2, 0.25) is 0 Å². The first kappa shape index (κ1) is 18.3. The van der Waals surface area contributed by atoms with Gasteiger partial charge in [-0.15, -0.1) is 0 Å². The third-order valence-corrected chi connectivity index (χ3v) is 5.47. The molecule has 138 valence electrons. The average molecular weight is 374 g/mol. The maximum Gasteiger partial charge on any atom is 0.255 e. The number of hydrogen-bond donors (Lipinski definition) is 1. The fourth-order valence-electron chi connectivity index (χ4n) is 2.75. The summed E-state index contributed by atoms with van der Waals surface area (Å²) in [5.74, 6) is 0.514. The lowest BCUT2D eigenvalue weighted by Crippen LogP contribution is -2.44. The summed E-state index contributed by atoms with van der Waals surface area (Å²) in [7, 11) is -1.26. The van der Waals surface area contributed by atoms with Crippen molar-refractivity contribution in [1.29, 1.82) is 0 Å². The van der Waals surface area contributed by atoms with Gasteiger partial charge in [0.15, 0.2) is 9.84 Å². The van der Waals surface area contributed by atoms with Crippen LogP contribution in [0.5, 0.6) is 0 Å². The second-order valence-electron chi connectivity index (χ2n) is 6.45. The molecule has 0 bridgehead atoms. The number of pyridine rings is 1. The largest absolute Gasteiger partial charge is 0.354 e. The molecule has 7 nitrogen and oxygen atoms in total. The molecule has 0 unspecified atom stereocenters. The molecule has 0 spiro atoms. The van der Waals surface area contributed by atoms with Gasteiger partial charge in [-0.3, -0.25) is 4.79 Å². The molecule has 1 saturated heterocycles. The van der Waals surface area contributed by atoms with Crippen molar-refractivity contribution in [2.24, 2.45) is 0 Å². The SMILES string of the molecule is CN1CCN(c2ccc(NC(=O)c3cccc(S(C)(=O)=O)c3)cn2)CC1. The first-order valence-corrected chi connectivity index (χ1v) is 10.2. The minimum atomic E-state index is -3.36. The van der Waals surface area contributed by atoms with Gasteiger partial charge in [0.25, 0.3) is 5.91 Å². The second-order valence-corrected chi connectivity index (χ2v) is 8.47. The van der Waals surface area contributed by atoms with E-state index in [4.69, 9.17) is 0 Å². The molecule has 1 amide bonds. The van der Waals surface area contributed by atoms with Gasteiger partial charge in [0.2, 0.25) is 0 Å². The van der Waals surface area contributed by atoms with Gasteiger partial charge < -0.3 is 15.1 Å². The van der Waals surface area contributed by atoms with E-state index >= 15 is 0 Å². The molecule has 8 heteroatoms. The Kier molecular flexibility index (Phi) is 5.24. The van der Waals surface area contributed by atoms with E-state index in [1.807, 2.05) is 6.07 Å². The van der Waals surface area contributed by atoms with Crippen LogP contribution in [0.25, 0.3) is 0 Å². The van der Waals surface area contributed by atoms with Gasteiger partial charge in [0, 0.05) is 38.0 Å². The van der Waals surface area contributed by atoms with Crippen molar-refractivity contribution in [1.82, 2.24) is 9.88 Å². The summed E-state index contributed by atoms with van der Waals surface area (Å²) >= 11 is 0. The molecule has 26 heavy (non-hydrogen) atoms. The second kappa shape index (κ2) is 7.43. The van der Waals surface area contributed by atoms with Gasteiger partial charge in [-0.2, -0.15) is 0 Å². The minimum Gasteiger partial charge on any atom is -0.354 e. The molecule has 2 heterocycles. The fourth-order valence-corrected chi connectivity index (χ4v) is 3.42. The molecule has 3 rings (SSSR count). The molecule has 1 aromatic heterocycles. The van der Waals surface area contributed by atoms with Crippen molar-refractivity contribution >= 4 is 27.2 Å². The van der Waals surface area contributed by atoms with E-state index in [-0.39, 0.29) is 16.4 Å². The Balaban J connectivity index is 1.68. The zero-order valence-electron chi connectivity index (χ0n) is 14.8. The molecule has 0 radical (unpaired) electrons. The first-order valence-electron chi connectivity index (χ1n) is 8.34. The van der Waals surface area contributed by atoms with Crippen molar-refractivity contribution in [3.8, 4) is 0 Å². The minimum absolute atomic E-state index is 0.119. The Morgan fingerprint density at radius 1 is 1.12 bits per heavy atom. The van der Waals surface area contributed by atoms with Gasteiger partial charge in [0.05, 0.1) is 16.8 Å². The number of anilines is 2. The highest BCUT2D eigenvalue weighted by Crippen LogP contribution is 2.17. The predicted octanol–water partition coefficient (Wildman–Crippen LogP) is 1.49. The molecule has 1 fully saturated rings. The highest BCUT2D eigenvalue weighted by atomic mass is 32.2. The predicted molar refractivity (Wildman–Crippen MR) is 101 cm³/mol. The summed E-state index contributed by atoms with van der Waals surface area (Å²) in [6.45, 7) is 3.84. The normalized spacial score (nSPS) is 15.7. The van der Waals surface area contributed by atoms with E-state index in [9.17, 15) is 13.2 Å². The molecule has 1 aliphatic rings. The Morgan fingerprint density at radius 3 is 2.46 bits per heavy atom. The Hall–Kier alpha value is -2.45. The molecule has 1 aromatic carbocycles. The molecule has 0 saturated carbocycles.